The lowest BCUT2D eigenvalue weighted by molar-refractivity contribution is -0.112. The van der Waals surface area contributed by atoms with Gasteiger partial charge in [0.05, 0.1) is 10.7 Å². The number of carbonyl (C=O) groups excluding carboxylic acids is 1. The molecule has 2 rings (SSSR count). The molecular weight excluding hydrogens is 360 g/mol. The van der Waals surface area contributed by atoms with Crippen LogP contribution in [-0.2, 0) is 4.79 Å². The lowest BCUT2D eigenvalue weighted by Crippen LogP contribution is -2.21. The number of hydrogen-bond acceptors (Lipinski definition) is 4. The number of nitriles is 1. The van der Waals surface area contributed by atoms with E-state index in [0.29, 0.717) is 10.7 Å². The zero-order valence-electron chi connectivity index (χ0n) is 15.7. The molecule has 5 nitrogen and oxygen atoms in total. The number of para-hydroxylation sites is 1. The van der Waals surface area contributed by atoms with E-state index in [1.54, 1.807) is 24.3 Å². The summed E-state index contributed by atoms with van der Waals surface area (Å²) in [5, 5.41) is 15.4. The monoisotopic (exact) mass is 382 g/mol. The number of nitrogens with zero attached hydrogens (tertiary/aromatic N) is 2. The molecule has 0 heterocycles. The van der Waals surface area contributed by atoms with Crippen LogP contribution < -0.4 is 15.5 Å². The van der Waals surface area contributed by atoms with E-state index in [4.69, 9.17) is 11.6 Å². The van der Waals surface area contributed by atoms with E-state index in [9.17, 15) is 10.1 Å². The molecule has 0 unspecified atom stereocenters. The topological polar surface area (TPSA) is 68.2 Å². The number of hydrogen-bond donors (Lipinski definition) is 2. The predicted octanol–water partition coefficient (Wildman–Crippen LogP) is 4.95. The fourth-order valence-corrected chi connectivity index (χ4v) is 2.83. The van der Waals surface area contributed by atoms with Crippen LogP contribution in [0.2, 0.25) is 5.02 Å². The molecule has 0 saturated heterocycles. The van der Waals surface area contributed by atoms with Crippen molar-refractivity contribution in [3.8, 4) is 6.07 Å². The Kier molecular flexibility index (Phi) is 7.27. The Labute approximate surface area is 165 Å². The van der Waals surface area contributed by atoms with Crippen molar-refractivity contribution in [2.24, 2.45) is 0 Å². The van der Waals surface area contributed by atoms with Crippen LogP contribution in [-0.4, -0.2) is 19.0 Å². The molecule has 6 heteroatoms. The summed E-state index contributed by atoms with van der Waals surface area (Å²) in [4.78, 5) is 14.6. The van der Waals surface area contributed by atoms with E-state index in [1.165, 1.54) is 6.20 Å². The number of anilines is 3. The highest BCUT2D eigenvalue weighted by Crippen LogP contribution is 2.23. The first-order valence-electron chi connectivity index (χ1n) is 8.78. The molecule has 0 aliphatic carbocycles. The van der Waals surface area contributed by atoms with Gasteiger partial charge in [0.2, 0.25) is 0 Å². The molecule has 140 valence electrons. The fourth-order valence-electron chi connectivity index (χ4n) is 2.65. The standard InChI is InChI=1S/C21H23ClN4O/c1-4-26(5-2)17-10-11-19(15(3)12-17)24-14-16(13-23)21(27)25-20-9-7-6-8-18(20)22/h6-12,14,24H,4-5H2,1-3H3,(H,25,27)/b16-14-. The zero-order valence-corrected chi connectivity index (χ0v) is 16.5. The molecule has 0 bridgehead atoms. The highest BCUT2D eigenvalue weighted by molar-refractivity contribution is 6.33. The summed E-state index contributed by atoms with van der Waals surface area (Å²) >= 11 is 6.04. The van der Waals surface area contributed by atoms with E-state index in [-0.39, 0.29) is 5.57 Å². The number of rotatable bonds is 7. The van der Waals surface area contributed by atoms with Gasteiger partial charge in [-0.1, -0.05) is 23.7 Å². The first-order valence-corrected chi connectivity index (χ1v) is 9.16. The minimum absolute atomic E-state index is 0.0397. The molecule has 0 aromatic heterocycles. The maximum absolute atomic E-state index is 12.3. The van der Waals surface area contributed by atoms with Gasteiger partial charge in [0.1, 0.15) is 11.6 Å². The lowest BCUT2D eigenvalue weighted by atomic mass is 10.1. The van der Waals surface area contributed by atoms with Gasteiger partial charge >= 0.3 is 0 Å². The lowest BCUT2D eigenvalue weighted by Gasteiger charge is -2.22. The van der Waals surface area contributed by atoms with Crippen LogP contribution in [0, 0.1) is 18.3 Å². The maximum atomic E-state index is 12.3. The van der Waals surface area contributed by atoms with Crippen molar-refractivity contribution < 1.29 is 4.79 Å². The highest BCUT2D eigenvalue weighted by atomic mass is 35.5. The number of halogens is 1. The van der Waals surface area contributed by atoms with Gasteiger partial charge in [-0.05, 0) is 56.7 Å². The number of benzene rings is 2. The SMILES string of the molecule is CCN(CC)c1ccc(N/C=C(/C#N)C(=O)Nc2ccccc2Cl)c(C)c1. The third-order valence-electron chi connectivity index (χ3n) is 4.20. The second-order valence-electron chi connectivity index (χ2n) is 5.92. The number of carbonyl (C=O) groups is 1. The summed E-state index contributed by atoms with van der Waals surface area (Å²) in [5.41, 5.74) is 3.43. The Morgan fingerprint density at radius 2 is 1.89 bits per heavy atom. The fraction of sp³-hybridized carbons (Fsp3) is 0.238. The van der Waals surface area contributed by atoms with Gasteiger partial charge in [-0.25, -0.2) is 0 Å². The van der Waals surface area contributed by atoms with Gasteiger partial charge in [-0.15, -0.1) is 0 Å². The minimum atomic E-state index is -0.518. The van der Waals surface area contributed by atoms with E-state index in [2.05, 4.69) is 35.4 Å². The van der Waals surface area contributed by atoms with Crippen molar-refractivity contribution in [1.82, 2.24) is 0 Å². The molecule has 2 aromatic rings. The Balaban J connectivity index is 2.14. The van der Waals surface area contributed by atoms with Crippen molar-refractivity contribution in [2.75, 3.05) is 28.6 Å². The molecule has 2 aromatic carbocycles. The van der Waals surface area contributed by atoms with Crippen molar-refractivity contribution in [3.63, 3.8) is 0 Å². The summed E-state index contributed by atoms with van der Waals surface area (Å²) in [6.45, 7) is 8.08. The Morgan fingerprint density at radius 3 is 2.48 bits per heavy atom. The summed E-state index contributed by atoms with van der Waals surface area (Å²) in [7, 11) is 0. The van der Waals surface area contributed by atoms with Crippen molar-refractivity contribution in [3.05, 3.63) is 64.8 Å². The normalized spacial score (nSPS) is 10.9. The van der Waals surface area contributed by atoms with E-state index < -0.39 is 5.91 Å². The molecule has 1 amide bonds. The summed E-state index contributed by atoms with van der Waals surface area (Å²) in [5.74, 6) is -0.518. The van der Waals surface area contributed by atoms with Crippen molar-refractivity contribution >= 4 is 34.6 Å². The van der Waals surface area contributed by atoms with Gasteiger partial charge in [0.15, 0.2) is 0 Å². The molecular formula is C21H23ClN4O. The Hall–Kier alpha value is -2.97. The van der Waals surface area contributed by atoms with Gasteiger partial charge in [-0.2, -0.15) is 5.26 Å². The van der Waals surface area contributed by atoms with Crippen LogP contribution in [0.5, 0.6) is 0 Å². The van der Waals surface area contributed by atoms with E-state index >= 15 is 0 Å². The molecule has 0 atom stereocenters. The van der Waals surface area contributed by atoms with E-state index in [0.717, 1.165) is 30.0 Å². The van der Waals surface area contributed by atoms with Crippen molar-refractivity contribution in [2.45, 2.75) is 20.8 Å². The molecule has 0 spiro atoms. The molecule has 0 saturated carbocycles. The Morgan fingerprint density at radius 1 is 1.19 bits per heavy atom. The van der Waals surface area contributed by atoms with Gasteiger partial charge in [0.25, 0.3) is 5.91 Å². The molecule has 27 heavy (non-hydrogen) atoms. The third kappa shape index (κ3) is 5.25. The minimum Gasteiger partial charge on any atom is -0.372 e. The first kappa shape index (κ1) is 20.3. The van der Waals surface area contributed by atoms with Gasteiger partial charge in [0, 0.05) is 30.7 Å². The van der Waals surface area contributed by atoms with Gasteiger partial charge in [-0.3, -0.25) is 4.79 Å². The average molecular weight is 383 g/mol. The average Bonchev–Trinajstić information content (AvgIpc) is 2.66. The van der Waals surface area contributed by atoms with Crippen LogP contribution in [0.3, 0.4) is 0 Å². The van der Waals surface area contributed by atoms with Crippen LogP contribution in [0.1, 0.15) is 19.4 Å². The highest BCUT2D eigenvalue weighted by Gasteiger charge is 2.11. The summed E-state index contributed by atoms with van der Waals surface area (Å²) < 4.78 is 0. The second-order valence-corrected chi connectivity index (χ2v) is 6.33. The summed E-state index contributed by atoms with van der Waals surface area (Å²) in [6.07, 6.45) is 1.41. The van der Waals surface area contributed by atoms with Crippen LogP contribution in [0.25, 0.3) is 0 Å². The molecule has 0 aliphatic heterocycles. The quantitative estimate of drug-likeness (QED) is 0.525. The number of amides is 1. The molecule has 2 N–H and O–H groups in total. The second kappa shape index (κ2) is 9.65. The van der Waals surface area contributed by atoms with E-state index in [1.807, 2.05) is 25.1 Å². The largest absolute Gasteiger partial charge is 0.372 e. The predicted molar refractivity (Wildman–Crippen MR) is 112 cm³/mol. The molecule has 0 radical (unpaired) electrons. The van der Waals surface area contributed by atoms with Gasteiger partial charge < -0.3 is 15.5 Å². The van der Waals surface area contributed by atoms with Crippen molar-refractivity contribution in [1.29, 1.82) is 5.26 Å². The molecule has 0 fully saturated rings. The first-order chi connectivity index (χ1) is 13.0. The smallest absolute Gasteiger partial charge is 0.267 e. The zero-order chi connectivity index (χ0) is 19.8. The number of nitrogens with one attached hydrogen (secondary N) is 2. The maximum Gasteiger partial charge on any atom is 0.267 e. The van der Waals surface area contributed by atoms with Crippen LogP contribution in [0.15, 0.2) is 54.2 Å². The molecule has 0 aliphatic rings. The summed E-state index contributed by atoms with van der Waals surface area (Å²) in [6, 6.07) is 14.8. The van der Waals surface area contributed by atoms with Crippen LogP contribution in [0.4, 0.5) is 17.1 Å². The third-order valence-corrected chi connectivity index (χ3v) is 4.53. The number of aryl methyl sites for hydroxylation is 1. The Bertz CT molecular complexity index is 882. The van der Waals surface area contributed by atoms with Crippen LogP contribution >= 0.6 is 11.6 Å².